The van der Waals surface area contributed by atoms with Gasteiger partial charge in [-0.1, -0.05) is 162 Å². The highest BCUT2D eigenvalue weighted by Crippen LogP contribution is 2.15. The van der Waals surface area contributed by atoms with Crippen LogP contribution in [0.2, 0.25) is 0 Å². The second-order valence-electron chi connectivity index (χ2n) is 11.7. The third kappa shape index (κ3) is 41.5. The Hall–Kier alpha value is -1.10. The molecule has 0 fully saturated rings. The Labute approximate surface area is 242 Å². The third-order valence-electron chi connectivity index (χ3n) is 7.56. The number of hydrogen-bond donors (Lipinski definition) is 3. The van der Waals surface area contributed by atoms with Crippen LogP contribution in [0.25, 0.3) is 0 Å². The molecule has 0 bridgehead atoms. The molecule has 234 valence electrons. The number of aliphatic carboxylic acids is 2. The van der Waals surface area contributed by atoms with Crippen LogP contribution < -0.4 is 0 Å². The van der Waals surface area contributed by atoms with E-state index in [-0.39, 0.29) is 6.10 Å². The fourth-order valence-corrected chi connectivity index (χ4v) is 4.96. The van der Waals surface area contributed by atoms with Gasteiger partial charge in [0, 0.05) is 12.8 Å². The van der Waals surface area contributed by atoms with Gasteiger partial charge < -0.3 is 15.3 Å². The molecule has 3 N–H and O–H groups in total. The van der Waals surface area contributed by atoms with E-state index in [0.717, 1.165) is 51.4 Å². The van der Waals surface area contributed by atoms with E-state index in [4.69, 9.17) is 10.2 Å². The van der Waals surface area contributed by atoms with Crippen LogP contribution in [-0.2, 0) is 9.59 Å². The normalized spacial score (nSPS) is 11.7. The molecular formula is C34H68O5. The average Bonchev–Trinajstić information content (AvgIpc) is 2.90. The highest BCUT2D eigenvalue weighted by Gasteiger charge is 2.04. The second-order valence-corrected chi connectivity index (χ2v) is 11.7. The lowest BCUT2D eigenvalue weighted by Gasteiger charge is -2.10. The summed E-state index contributed by atoms with van der Waals surface area (Å²) in [6.07, 6.45) is 33.5. The lowest BCUT2D eigenvalue weighted by atomic mass is 10.0. The van der Waals surface area contributed by atoms with Crippen LogP contribution >= 0.6 is 0 Å². The highest BCUT2D eigenvalue weighted by atomic mass is 16.4. The van der Waals surface area contributed by atoms with Crippen LogP contribution in [0.4, 0.5) is 0 Å². The van der Waals surface area contributed by atoms with Crippen molar-refractivity contribution < 1.29 is 24.9 Å². The summed E-state index contributed by atoms with van der Waals surface area (Å²) in [4.78, 5) is 20.6. The maximum absolute atomic E-state index is 10.3. The van der Waals surface area contributed by atoms with Crippen LogP contribution in [0, 0.1) is 0 Å². The Kier molecular flexibility index (Phi) is 35.9. The average molecular weight is 557 g/mol. The van der Waals surface area contributed by atoms with Crippen LogP contribution in [0.3, 0.4) is 0 Å². The second kappa shape index (κ2) is 34.9. The summed E-state index contributed by atoms with van der Waals surface area (Å²) in [5, 5.41) is 26.9. The molecule has 0 aliphatic rings. The molecule has 0 rings (SSSR count). The van der Waals surface area contributed by atoms with E-state index in [0.29, 0.717) is 12.8 Å². The van der Waals surface area contributed by atoms with Crippen LogP contribution in [-0.4, -0.2) is 33.4 Å². The fraction of sp³-hybridized carbons (Fsp3) is 0.941. The number of unbranched alkanes of at least 4 members (excludes halogenated alkanes) is 22. The SMILES string of the molecule is CCCCCCCCC(O)CCCCCCCCC(=O)O.CCCCCCCCCCCCCCCC(=O)O. The summed E-state index contributed by atoms with van der Waals surface area (Å²) in [5.41, 5.74) is 0. The summed E-state index contributed by atoms with van der Waals surface area (Å²) in [6, 6.07) is 0. The molecule has 39 heavy (non-hydrogen) atoms. The summed E-state index contributed by atoms with van der Waals surface area (Å²) in [5.74, 6) is -1.34. The van der Waals surface area contributed by atoms with Gasteiger partial charge in [0.05, 0.1) is 6.10 Å². The monoisotopic (exact) mass is 557 g/mol. The first kappa shape index (κ1) is 40.0. The topological polar surface area (TPSA) is 94.8 Å². The Morgan fingerprint density at radius 3 is 0.897 bits per heavy atom. The van der Waals surface area contributed by atoms with E-state index in [1.54, 1.807) is 0 Å². The van der Waals surface area contributed by atoms with E-state index >= 15 is 0 Å². The van der Waals surface area contributed by atoms with Crippen molar-refractivity contribution in [2.75, 3.05) is 0 Å². The van der Waals surface area contributed by atoms with Gasteiger partial charge >= 0.3 is 11.9 Å². The predicted molar refractivity (Wildman–Crippen MR) is 167 cm³/mol. The van der Waals surface area contributed by atoms with Gasteiger partial charge in [-0.2, -0.15) is 0 Å². The van der Waals surface area contributed by atoms with Crippen molar-refractivity contribution in [1.82, 2.24) is 0 Å². The number of hydrogen-bond acceptors (Lipinski definition) is 3. The summed E-state index contributed by atoms with van der Waals surface area (Å²) >= 11 is 0. The Balaban J connectivity index is 0. The quantitative estimate of drug-likeness (QED) is 0.0765. The largest absolute Gasteiger partial charge is 0.481 e. The number of carboxylic acids is 2. The summed E-state index contributed by atoms with van der Waals surface area (Å²) in [7, 11) is 0. The first-order valence-electron chi connectivity index (χ1n) is 17.1. The minimum Gasteiger partial charge on any atom is -0.481 e. The van der Waals surface area contributed by atoms with Crippen molar-refractivity contribution in [2.45, 2.75) is 206 Å². The third-order valence-corrected chi connectivity index (χ3v) is 7.56. The number of aliphatic hydroxyl groups is 1. The molecule has 5 nitrogen and oxygen atoms in total. The zero-order chi connectivity index (χ0) is 29.2. The maximum Gasteiger partial charge on any atom is 0.303 e. The molecule has 5 heteroatoms. The minimum atomic E-state index is -0.687. The molecule has 0 radical (unpaired) electrons. The Bertz CT molecular complexity index is 494. The Morgan fingerprint density at radius 1 is 0.410 bits per heavy atom. The molecule has 0 spiro atoms. The highest BCUT2D eigenvalue weighted by molar-refractivity contribution is 5.66. The molecule has 0 heterocycles. The smallest absolute Gasteiger partial charge is 0.303 e. The molecule has 0 amide bonds. The molecule has 1 atom stereocenters. The number of aliphatic hydroxyl groups excluding tert-OH is 1. The first-order valence-corrected chi connectivity index (χ1v) is 17.1. The van der Waals surface area contributed by atoms with Crippen molar-refractivity contribution in [3.05, 3.63) is 0 Å². The number of carbonyl (C=O) groups is 2. The summed E-state index contributed by atoms with van der Waals surface area (Å²) < 4.78 is 0. The van der Waals surface area contributed by atoms with Crippen molar-refractivity contribution in [1.29, 1.82) is 0 Å². The molecule has 0 saturated carbocycles. The van der Waals surface area contributed by atoms with E-state index in [9.17, 15) is 14.7 Å². The van der Waals surface area contributed by atoms with Gasteiger partial charge in [0.1, 0.15) is 0 Å². The van der Waals surface area contributed by atoms with Crippen molar-refractivity contribution in [2.24, 2.45) is 0 Å². The maximum atomic E-state index is 10.3. The standard InChI is InChI=1S/C18H36O3.C16H32O2/c1-2-3-4-5-8-11-14-17(19)15-12-9-6-7-10-13-16-18(20)21;1-2-3-4-5-6-7-8-9-10-11-12-13-14-15-16(17)18/h17,19H,2-16H2,1H3,(H,20,21);2-15H2,1H3,(H,17,18). The Morgan fingerprint density at radius 2 is 0.641 bits per heavy atom. The summed E-state index contributed by atoms with van der Waals surface area (Å²) in [6.45, 7) is 4.49. The van der Waals surface area contributed by atoms with Gasteiger partial charge in [0.2, 0.25) is 0 Å². The van der Waals surface area contributed by atoms with Gasteiger partial charge in [-0.05, 0) is 25.7 Å². The van der Waals surface area contributed by atoms with E-state index in [2.05, 4.69) is 13.8 Å². The molecule has 1 unspecified atom stereocenters. The van der Waals surface area contributed by atoms with Crippen molar-refractivity contribution >= 4 is 11.9 Å². The lowest BCUT2D eigenvalue weighted by molar-refractivity contribution is -0.138. The van der Waals surface area contributed by atoms with Gasteiger partial charge in [-0.15, -0.1) is 0 Å². The fourth-order valence-electron chi connectivity index (χ4n) is 4.96. The minimum absolute atomic E-state index is 0.108. The zero-order valence-corrected chi connectivity index (χ0v) is 26.2. The molecule has 0 aromatic carbocycles. The molecule has 0 aliphatic heterocycles. The molecule has 0 aromatic heterocycles. The van der Waals surface area contributed by atoms with Gasteiger partial charge in [0.25, 0.3) is 0 Å². The molecule has 0 saturated heterocycles. The van der Waals surface area contributed by atoms with Crippen LogP contribution in [0.15, 0.2) is 0 Å². The lowest BCUT2D eigenvalue weighted by Crippen LogP contribution is -2.05. The first-order chi connectivity index (χ1) is 18.9. The van der Waals surface area contributed by atoms with Gasteiger partial charge in [-0.3, -0.25) is 9.59 Å². The van der Waals surface area contributed by atoms with Crippen molar-refractivity contribution in [3.63, 3.8) is 0 Å². The predicted octanol–water partition coefficient (Wildman–Crippen LogP) is 10.9. The van der Waals surface area contributed by atoms with Crippen LogP contribution in [0.1, 0.15) is 200 Å². The van der Waals surface area contributed by atoms with Gasteiger partial charge in [-0.25, -0.2) is 0 Å². The van der Waals surface area contributed by atoms with Crippen molar-refractivity contribution in [3.8, 4) is 0 Å². The van der Waals surface area contributed by atoms with Crippen LogP contribution in [0.5, 0.6) is 0 Å². The van der Waals surface area contributed by atoms with Gasteiger partial charge in [0.15, 0.2) is 0 Å². The molecule has 0 aromatic rings. The number of carboxylic acid groups (broad SMARTS) is 2. The van der Waals surface area contributed by atoms with E-state index in [1.807, 2.05) is 0 Å². The van der Waals surface area contributed by atoms with E-state index in [1.165, 1.54) is 122 Å². The van der Waals surface area contributed by atoms with E-state index < -0.39 is 11.9 Å². The number of rotatable bonds is 30. The molecular weight excluding hydrogens is 488 g/mol. The zero-order valence-electron chi connectivity index (χ0n) is 26.2. The molecule has 0 aliphatic carbocycles.